The van der Waals surface area contributed by atoms with Gasteiger partial charge in [-0.05, 0) is 31.0 Å². The van der Waals surface area contributed by atoms with Gasteiger partial charge in [-0.3, -0.25) is 4.68 Å². The maximum absolute atomic E-state index is 4.17. The van der Waals surface area contributed by atoms with Gasteiger partial charge in [-0.1, -0.05) is 23.8 Å². The van der Waals surface area contributed by atoms with Crippen LogP contribution in [0.3, 0.4) is 0 Å². The van der Waals surface area contributed by atoms with Crippen molar-refractivity contribution in [3.8, 4) is 0 Å². The first kappa shape index (κ1) is 12.8. The van der Waals surface area contributed by atoms with Crippen molar-refractivity contribution in [1.82, 2.24) is 15.1 Å². The average Bonchev–Trinajstić information content (AvgIpc) is 2.75. The lowest BCUT2D eigenvalue weighted by Gasteiger charge is -2.09. The van der Waals surface area contributed by atoms with Crippen LogP contribution < -0.4 is 5.32 Å². The maximum atomic E-state index is 4.17. The zero-order chi connectivity index (χ0) is 13.0. The molecular formula is C15H21N3. The van der Waals surface area contributed by atoms with Crippen molar-refractivity contribution < 1.29 is 0 Å². The number of nitrogens with zero attached hydrogens (tertiary/aromatic N) is 2. The summed E-state index contributed by atoms with van der Waals surface area (Å²) in [6.07, 6.45) is 2.86. The third-order valence-electron chi connectivity index (χ3n) is 3.30. The van der Waals surface area contributed by atoms with Gasteiger partial charge < -0.3 is 5.32 Å². The topological polar surface area (TPSA) is 29.9 Å². The summed E-state index contributed by atoms with van der Waals surface area (Å²) in [6.45, 7) is 6.22. The Labute approximate surface area is 109 Å². The molecule has 3 heteroatoms. The van der Waals surface area contributed by atoms with Gasteiger partial charge in [0, 0.05) is 38.4 Å². The van der Waals surface area contributed by atoms with Crippen LogP contribution in [0.25, 0.3) is 0 Å². The van der Waals surface area contributed by atoms with Gasteiger partial charge in [0.15, 0.2) is 0 Å². The molecule has 0 saturated heterocycles. The molecule has 2 aromatic rings. The largest absolute Gasteiger partial charge is 0.312 e. The molecule has 0 bridgehead atoms. The molecule has 1 aromatic heterocycles. The predicted molar refractivity (Wildman–Crippen MR) is 74.5 cm³/mol. The zero-order valence-corrected chi connectivity index (χ0v) is 11.4. The minimum atomic E-state index is 0.936. The SMILES string of the molecule is Cc1ccc(C)c(CNCCc2ccnn2C)c1. The first-order valence-corrected chi connectivity index (χ1v) is 6.40. The molecule has 0 amide bonds. The van der Waals surface area contributed by atoms with Crippen molar-refractivity contribution in [3.63, 3.8) is 0 Å². The molecule has 0 unspecified atom stereocenters. The molecule has 1 aromatic carbocycles. The quantitative estimate of drug-likeness (QED) is 0.817. The van der Waals surface area contributed by atoms with Gasteiger partial charge in [-0.2, -0.15) is 5.10 Å². The number of rotatable bonds is 5. The minimum Gasteiger partial charge on any atom is -0.312 e. The van der Waals surface area contributed by atoms with Crippen LogP contribution in [-0.4, -0.2) is 16.3 Å². The van der Waals surface area contributed by atoms with E-state index in [9.17, 15) is 0 Å². The summed E-state index contributed by atoms with van der Waals surface area (Å²) in [5.74, 6) is 0. The fraction of sp³-hybridized carbons (Fsp3) is 0.400. The zero-order valence-electron chi connectivity index (χ0n) is 11.4. The van der Waals surface area contributed by atoms with Crippen molar-refractivity contribution in [2.45, 2.75) is 26.8 Å². The lowest BCUT2D eigenvalue weighted by molar-refractivity contribution is 0.642. The van der Waals surface area contributed by atoms with E-state index in [1.165, 1.54) is 22.4 Å². The Kier molecular flexibility index (Phi) is 4.15. The monoisotopic (exact) mass is 243 g/mol. The van der Waals surface area contributed by atoms with Crippen LogP contribution >= 0.6 is 0 Å². The van der Waals surface area contributed by atoms with Gasteiger partial charge in [0.2, 0.25) is 0 Å². The average molecular weight is 243 g/mol. The summed E-state index contributed by atoms with van der Waals surface area (Å²) in [5, 5.41) is 7.66. The van der Waals surface area contributed by atoms with Gasteiger partial charge in [-0.15, -0.1) is 0 Å². The van der Waals surface area contributed by atoms with Crippen LogP contribution in [0.2, 0.25) is 0 Å². The Morgan fingerprint density at radius 2 is 2.06 bits per heavy atom. The fourth-order valence-corrected chi connectivity index (χ4v) is 2.08. The molecule has 1 heterocycles. The molecule has 0 aliphatic rings. The van der Waals surface area contributed by atoms with Gasteiger partial charge in [0.05, 0.1) is 0 Å². The smallest absolute Gasteiger partial charge is 0.0492 e. The van der Waals surface area contributed by atoms with E-state index in [-0.39, 0.29) is 0 Å². The summed E-state index contributed by atoms with van der Waals surface area (Å²) in [6, 6.07) is 8.67. The van der Waals surface area contributed by atoms with E-state index in [0.29, 0.717) is 0 Å². The van der Waals surface area contributed by atoms with E-state index < -0.39 is 0 Å². The standard InChI is InChI=1S/C15H21N3/c1-12-4-5-13(2)14(10-12)11-16-8-6-15-7-9-17-18(15)3/h4-5,7,9-10,16H,6,8,11H2,1-3H3. The van der Waals surface area contributed by atoms with Gasteiger partial charge in [0.25, 0.3) is 0 Å². The van der Waals surface area contributed by atoms with E-state index in [1.54, 1.807) is 0 Å². The fourth-order valence-electron chi connectivity index (χ4n) is 2.08. The Hall–Kier alpha value is -1.61. The normalized spacial score (nSPS) is 10.8. The summed E-state index contributed by atoms with van der Waals surface area (Å²) in [5.41, 5.74) is 5.33. The summed E-state index contributed by atoms with van der Waals surface area (Å²) in [7, 11) is 1.99. The molecule has 0 radical (unpaired) electrons. The second kappa shape index (κ2) is 5.83. The Bertz CT molecular complexity index is 514. The van der Waals surface area contributed by atoms with Crippen LogP contribution in [-0.2, 0) is 20.0 Å². The van der Waals surface area contributed by atoms with E-state index in [4.69, 9.17) is 0 Å². The first-order chi connectivity index (χ1) is 8.66. The molecule has 0 saturated carbocycles. The summed E-state index contributed by atoms with van der Waals surface area (Å²) >= 11 is 0. The number of nitrogens with one attached hydrogen (secondary N) is 1. The van der Waals surface area contributed by atoms with E-state index >= 15 is 0 Å². The van der Waals surface area contributed by atoms with Crippen molar-refractivity contribution in [2.75, 3.05) is 6.54 Å². The second-order valence-electron chi connectivity index (χ2n) is 4.80. The first-order valence-electron chi connectivity index (χ1n) is 6.40. The Morgan fingerprint density at radius 3 is 2.78 bits per heavy atom. The lowest BCUT2D eigenvalue weighted by atomic mass is 10.1. The highest BCUT2D eigenvalue weighted by Crippen LogP contribution is 2.10. The molecule has 2 rings (SSSR count). The molecule has 0 spiro atoms. The number of benzene rings is 1. The summed E-state index contributed by atoms with van der Waals surface area (Å²) < 4.78 is 1.93. The number of hydrogen-bond donors (Lipinski definition) is 1. The third kappa shape index (κ3) is 3.20. The molecule has 96 valence electrons. The molecule has 1 N–H and O–H groups in total. The predicted octanol–water partition coefficient (Wildman–Crippen LogP) is 2.37. The number of aryl methyl sites for hydroxylation is 3. The molecular weight excluding hydrogens is 222 g/mol. The number of hydrogen-bond acceptors (Lipinski definition) is 2. The second-order valence-corrected chi connectivity index (χ2v) is 4.80. The molecule has 3 nitrogen and oxygen atoms in total. The van der Waals surface area contributed by atoms with Crippen LogP contribution in [0.1, 0.15) is 22.4 Å². The number of aromatic nitrogens is 2. The highest BCUT2D eigenvalue weighted by atomic mass is 15.3. The van der Waals surface area contributed by atoms with E-state index in [1.807, 2.05) is 17.9 Å². The van der Waals surface area contributed by atoms with Crippen molar-refractivity contribution >= 4 is 0 Å². The van der Waals surface area contributed by atoms with E-state index in [2.05, 4.69) is 48.5 Å². The van der Waals surface area contributed by atoms with Crippen LogP contribution in [0.4, 0.5) is 0 Å². The van der Waals surface area contributed by atoms with Crippen LogP contribution in [0.15, 0.2) is 30.5 Å². The van der Waals surface area contributed by atoms with Crippen molar-refractivity contribution in [2.24, 2.45) is 7.05 Å². The molecule has 0 aliphatic heterocycles. The lowest BCUT2D eigenvalue weighted by Crippen LogP contribution is -2.18. The van der Waals surface area contributed by atoms with Gasteiger partial charge in [0.1, 0.15) is 0 Å². The van der Waals surface area contributed by atoms with Crippen LogP contribution in [0, 0.1) is 13.8 Å². The molecule has 0 fully saturated rings. The molecule has 0 atom stereocenters. The van der Waals surface area contributed by atoms with Gasteiger partial charge in [-0.25, -0.2) is 0 Å². The van der Waals surface area contributed by atoms with Gasteiger partial charge >= 0.3 is 0 Å². The minimum absolute atomic E-state index is 0.936. The summed E-state index contributed by atoms with van der Waals surface area (Å²) in [4.78, 5) is 0. The maximum Gasteiger partial charge on any atom is 0.0492 e. The molecule has 18 heavy (non-hydrogen) atoms. The highest BCUT2D eigenvalue weighted by Gasteiger charge is 2.00. The van der Waals surface area contributed by atoms with Crippen molar-refractivity contribution in [3.05, 3.63) is 52.8 Å². The Morgan fingerprint density at radius 1 is 1.22 bits per heavy atom. The Balaban J connectivity index is 1.82. The van der Waals surface area contributed by atoms with Crippen LogP contribution in [0.5, 0.6) is 0 Å². The van der Waals surface area contributed by atoms with Crippen molar-refractivity contribution in [1.29, 1.82) is 0 Å². The highest BCUT2D eigenvalue weighted by molar-refractivity contribution is 5.30. The van der Waals surface area contributed by atoms with E-state index in [0.717, 1.165) is 19.5 Å². The third-order valence-corrected chi connectivity index (χ3v) is 3.30. The molecule has 0 aliphatic carbocycles.